The van der Waals surface area contributed by atoms with Gasteiger partial charge in [0.15, 0.2) is 16.4 Å². The van der Waals surface area contributed by atoms with Gasteiger partial charge in [-0.05, 0) is 40.4 Å². The van der Waals surface area contributed by atoms with Crippen LogP contribution in [0, 0.1) is 0 Å². The fourth-order valence-electron chi connectivity index (χ4n) is 1.87. The van der Waals surface area contributed by atoms with Crippen molar-refractivity contribution in [1.82, 2.24) is 9.97 Å². The number of thiazole rings is 1. The second kappa shape index (κ2) is 5.18. The molecule has 3 aromatic heterocycles. The molecule has 6 heteroatoms. The largest absolute Gasteiger partial charge is 0.831 e. The first kappa shape index (κ1) is 12.4. The highest BCUT2D eigenvalue weighted by atomic mass is 32.1. The highest BCUT2D eigenvalue weighted by Crippen LogP contribution is 2.20. The molecule has 3 aromatic rings. The van der Waals surface area contributed by atoms with Gasteiger partial charge in [-0.2, -0.15) is 0 Å². The molecule has 98 valence electrons. The van der Waals surface area contributed by atoms with Crippen LogP contribution in [0.25, 0.3) is 16.9 Å². The highest BCUT2D eigenvalue weighted by molar-refractivity contribution is 7.15. The second-order valence-corrected chi connectivity index (χ2v) is 5.01. The third-order valence-electron chi connectivity index (χ3n) is 2.81. The lowest BCUT2D eigenvalue weighted by Crippen LogP contribution is -2.31. The number of nitrogens with zero attached hydrogens (tertiary/aromatic N) is 3. The molecule has 0 bridgehead atoms. The molecule has 0 aliphatic rings. The quantitative estimate of drug-likeness (QED) is 0.537. The lowest BCUT2D eigenvalue weighted by Gasteiger charge is -2.00. The zero-order chi connectivity index (χ0) is 13.9. The molecule has 0 aliphatic carbocycles. The van der Waals surface area contributed by atoms with Gasteiger partial charge < -0.3 is 5.11 Å². The summed E-state index contributed by atoms with van der Waals surface area (Å²) in [5.74, 6) is 0.372. The van der Waals surface area contributed by atoms with Crippen molar-refractivity contribution < 1.29 is 14.5 Å². The first-order valence-corrected chi connectivity index (χ1v) is 6.64. The molecule has 20 heavy (non-hydrogen) atoms. The number of carbonyl (C=O) groups is 1. The maximum Gasteiger partial charge on any atom is 0.348 e. The molecule has 0 N–H and O–H groups in total. The minimum absolute atomic E-state index is 0.330. The third-order valence-corrected chi connectivity index (χ3v) is 3.57. The first-order valence-electron chi connectivity index (χ1n) is 5.83. The summed E-state index contributed by atoms with van der Waals surface area (Å²) >= 11 is 0.846. The normalized spacial score (nSPS) is 10.4. The van der Waals surface area contributed by atoms with Crippen LogP contribution in [0.4, 0.5) is 0 Å². The molecule has 0 fully saturated rings. The van der Waals surface area contributed by atoms with E-state index >= 15 is 0 Å². The summed E-state index contributed by atoms with van der Waals surface area (Å²) in [7, 11) is 0. The Bertz CT molecular complexity index is 739. The molecule has 0 saturated heterocycles. The topological polar surface area (TPSA) is 69.8 Å². The Kier molecular flexibility index (Phi) is 3.22. The van der Waals surface area contributed by atoms with Crippen LogP contribution in [0.15, 0.2) is 49.1 Å². The Labute approximate surface area is 118 Å². The summed E-state index contributed by atoms with van der Waals surface area (Å²) < 4.78 is 1.66. The Morgan fingerprint density at radius 2 is 1.75 bits per heavy atom. The minimum Gasteiger partial charge on any atom is -0.831 e. The van der Waals surface area contributed by atoms with Crippen LogP contribution in [-0.4, -0.2) is 16.3 Å². The molecule has 5 nitrogen and oxygen atoms in total. The molecule has 0 amide bonds. The van der Waals surface area contributed by atoms with Crippen molar-refractivity contribution in [2.75, 3.05) is 0 Å². The number of carbonyl (C=O) groups excluding carboxylic acids is 1. The van der Waals surface area contributed by atoms with E-state index in [9.17, 15) is 9.90 Å². The van der Waals surface area contributed by atoms with Gasteiger partial charge in [-0.25, -0.2) is 4.57 Å². The molecule has 3 heterocycles. The van der Waals surface area contributed by atoms with E-state index in [0.29, 0.717) is 17.0 Å². The van der Waals surface area contributed by atoms with Crippen molar-refractivity contribution in [3.63, 3.8) is 0 Å². The molecule has 0 spiro atoms. The van der Waals surface area contributed by atoms with Crippen LogP contribution in [0.2, 0.25) is 0 Å². The molecule has 0 saturated carbocycles. The van der Waals surface area contributed by atoms with Gasteiger partial charge in [0, 0.05) is 12.4 Å². The molecular formula is C14H9N3O2S. The maximum absolute atomic E-state index is 11.3. The number of rotatable bonds is 3. The number of hydrogen-bond acceptors (Lipinski definition) is 5. The van der Waals surface area contributed by atoms with E-state index in [-0.39, 0.29) is 5.19 Å². The van der Waals surface area contributed by atoms with Crippen molar-refractivity contribution >= 4 is 17.6 Å². The number of hydrogen-bond donors (Lipinski definition) is 0. The first-order chi connectivity index (χ1) is 9.78. The molecule has 3 rings (SSSR count). The fourth-order valence-corrected chi connectivity index (χ4v) is 2.48. The van der Waals surface area contributed by atoms with Crippen LogP contribution in [-0.2, 0) is 0 Å². The Balaban J connectivity index is 1.99. The van der Waals surface area contributed by atoms with Crippen LogP contribution in [0.5, 0.6) is 5.19 Å². The van der Waals surface area contributed by atoms with Gasteiger partial charge in [0.25, 0.3) is 0 Å². The SMILES string of the molecule is O=Cc1sc([O-])nc1-[n+]1ccc(-c2ccncc2)cc1. The van der Waals surface area contributed by atoms with Crippen molar-refractivity contribution in [2.45, 2.75) is 0 Å². The van der Waals surface area contributed by atoms with Gasteiger partial charge in [-0.1, -0.05) is 11.3 Å². The van der Waals surface area contributed by atoms with E-state index in [1.54, 1.807) is 29.4 Å². The summed E-state index contributed by atoms with van der Waals surface area (Å²) in [4.78, 5) is 19.1. The van der Waals surface area contributed by atoms with Gasteiger partial charge in [-0.15, -0.1) is 0 Å². The predicted molar refractivity (Wildman–Crippen MR) is 71.7 cm³/mol. The lowest BCUT2D eigenvalue weighted by molar-refractivity contribution is -0.599. The number of aldehydes is 1. The van der Waals surface area contributed by atoms with Crippen molar-refractivity contribution in [3.8, 4) is 22.1 Å². The van der Waals surface area contributed by atoms with Crippen LogP contribution >= 0.6 is 11.3 Å². The smallest absolute Gasteiger partial charge is 0.348 e. The fraction of sp³-hybridized carbons (Fsp3) is 0. The summed E-state index contributed by atoms with van der Waals surface area (Å²) in [6, 6.07) is 7.62. The minimum atomic E-state index is -0.368. The van der Waals surface area contributed by atoms with E-state index in [1.165, 1.54) is 0 Å². The molecule has 0 aromatic carbocycles. The molecule has 0 aliphatic heterocycles. The zero-order valence-corrected chi connectivity index (χ0v) is 11.1. The van der Waals surface area contributed by atoms with Gasteiger partial charge in [-0.3, -0.25) is 9.78 Å². The summed E-state index contributed by atoms with van der Waals surface area (Å²) in [5.41, 5.74) is 2.07. The van der Waals surface area contributed by atoms with Crippen molar-refractivity contribution in [3.05, 3.63) is 53.9 Å². The second-order valence-electron chi connectivity index (χ2n) is 4.02. The van der Waals surface area contributed by atoms with E-state index < -0.39 is 0 Å². The van der Waals surface area contributed by atoms with Crippen LogP contribution < -0.4 is 9.67 Å². The maximum atomic E-state index is 11.3. The van der Waals surface area contributed by atoms with Crippen molar-refractivity contribution in [2.24, 2.45) is 0 Å². The van der Waals surface area contributed by atoms with Crippen molar-refractivity contribution in [1.29, 1.82) is 0 Å². The van der Waals surface area contributed by atoms with Gasteiger partial charge in [0.2, 0.25) is 0 Å². The van der Waals surface area contributed by atoms with Gasteiger partial charge >= 0.3 is 5.82 Å². The highest BCUT2D eigenvalue weighted by Gasteiger charge is 2.17. The van der Waals surface area contributed by atoms with Crippen LogP contribution in [0.3, 0.4) is 0 Å². The Hall–Kier alpha value is -2.60. The van der Waals surface area contributed by atoms with Gasteiger partial charge in [0.05, 0.1) is 12.4 Å². The summed E-state index contributed by atoms with van der Waals surface area (Å²) in [6.45, 7) is 0. The van der Waals surface area contributed by atoms with Gasteiger partial charge in [0.1, 0.15) is 0 Å². The summed E-state index contributed by atoms with van der Waals surface area (Å²) in [6.07, 6.45) is 7.66. The standard InChI is InChI=1S/C14H9N3O2S/c18-9-12-13(16-14(19)20-12)17-7-3-11(4-8-17)10-1-5-15-6-2-10/h1-9H. The Morgan fingerprint density at radius 3 is 2.40 bits per heavy atom. The predicted octanol–water partition coefficient (Wildman–Crippen LogP) is 1.37. The number of aromatic nitrogens is 3. The average Bonchev–Trinajstić information content (AvgIpc) is 2.89. The van der Waals surface area contributed by atoms with E-state index in [1.807, 2.05) is 24.3 Å². The lowest BCUT2D eigenvalue weighted by atomic mass is 10.1. The molecule has 0 unspecified atom stereocenters. The summed E-state index contributed by atoms with van der Waals surface area (Å²) in [5, 5.41) is 10.9. The average molecular weight is 283 g/mol. The van der Waals surface area contributed by atoms with Crippen LogP contribution in [0.1, 0.15) is 9.67 Å². The van der Waals surface area contributed by atoms with E-state index in [2.05, 4.69) is 9.97 Å². The van der Waals surface area contributed by atoms with E-state index in [4.69, 9.17) is 0 Å². The number of pyridine rings is 2. The zero-order valence-electron chi connectivity index (χ0n) is 10.3. The molecule has 0 atom stereocenters. The molecule has 0 radical (unpaired) electrons. The molecular weight excluding hydrogens is 274 g/mol. The Morgan fingerprint density at radius 1 is 1.10 bits per heavy atom. The monoisotopic (exact) mass is 283 g/mol. The third kappa shape index (κ3) is 2.28. The van der Waals surface area contributed by atoms with E-state index in [0.717, 1.165) is 22.5 Å².